The van der Waals surface area contributed by atoms with E-state index in [0.717, 1.165) is 6.54 Å². The van der Waals surface area contributed by atoms with E-state index in [2.05, 4.69) is 46.0 Å². The molecule has 0 spiro atoms. The second kappa shape index (κ2) is 4.80. The van der Waals surface area contributed by atoms with Gasteiger partial charge in [0.15, 0.2) is 0 Å². The van der Waals surface area contributed by atoms with E-state index in [1.807, 2.05) is 7.05 Å². The SMILES string of the molecule is CNCC(C)c1c(C)c(C)cc(C)c1C. The maximum absolute atomic E-state index is 3.26. The fraction of sp³-hybridized carbons (Fsp3) is 0.571. The molecule has 1 heteroatoms. The highest BCUT2D eigenvalue weighted by Crippen LogP contribution is 2.27. The molecule has 0 aliphatic heterocycles. The lowest BCUT2D eigenvalue weighted by Gasteiger charge is -2.20. The van der Waals surface area contributed by atoms with Crippen LogP contribution in [0, 0.1) is 27.7 Å². The number of rotatable bonds is 3. The van der Waals surface area contributed by atoms with E-state index in [4.69, 9.17) is 0 Å². The van der Waals surface area contributed by atoms with E-state index in [1.54, 1.807) is 0 Å². The summed E-state index contributed by atoms with van der Waals surface area (Å²) >= 11 is 0. The Morgan fingerprint density at radius 2 is 1.53 bits per heavy atom. The Bertz CT molecular complexity index is 327. The molecule has 0 aliphatic rings. The topological polar surface area (TPSA) is 12.0 Å². The van der Waals surface area contributed by atoms with Crippen LogP contribution in [-0.4, -0.2) is 13.6 Å². The molecule has 0 amide bonds. The van der Waals surface area contributed by atoms with Crippen molar-refractivity contribution in [3.05, 3.63) is 33.9 Å². The van der Waals surface area contributed by atoms with E-state index in [1.165, 1.54) is 27.8 Å². The molecule has 0 radical (unpaired) electrons. The Balaban J connectivity index is 3.26. The maximum Gasteiger partial charge on any atom is 0.00146 e. The minimum atomic E-state index is 0.591. The molecule has 1 N–H and O–H groups in total. The van der Waals surface area contributed by atoms with Crippen molar-refractivity contribution >= 4 is 0 Å². The van der Waals surface area contributed by atoms with Gasteiger partial charge in [0.05, 0.1) is 0 Å². The van der Waals surface area contributed by atoms with Gasteiger partial charge in [-0.25, -0.2) is 0 Å². The van der Waals surface area contributed by atoms with Gasteiger partial charge in [0.1, 0.15) is 0 Å². The summed E-state index contributed by atoms with van der Waals surface area (Å²) in [6.07, 6.45) is 0. The second-order valence-corrected chi connectivity index (χ2v) is 4.63. The van der Waals surface area contributed by atoms with Gasteiger partial charge in [0, 0.05) is 6.54 Å². The third kappa shape index (κ3) is 2.40. The molecule has 1 aromatic rings. The predicted molar refractivity (Wildman–Crippen MR) is 67.7 cm³/mol. The highest BCUT2D eigenvalue weighted by molar-refractivity contribution is 5.45. The van der Waals surface area contributed by atoms with Gasteiger partial charge >= 0.3 is 0 Å². The van der Waals surface area contributed by atoms with Gasteiger partial charge in [-0.05, 0) is 68.5 Å². The van der Waals surface area contributed by atoms with Crippen LogP contribution < -0.4 is 5.32 Å². The first kappa shape index (κ1) is 12.3. The molecule has 1 nitrogen and oxygen atoms in total. The molecule has 1 unspecified atom stereocenters. The lowest BCUT2D eigenvalue weighted by atomic mass is 9.87. The van der Waals surface area contributed by atoms with Crippen molar-refractivity contribution in [2.75, 3.05) is 13.6 Å². The zero-order valence-electron chi connectivity index (χ0n) is 10.9. The van der Waals surface area contributed by atoms with Crippen LogP contribution in [0.3, 0.4) is 0 Å². The average molecular weight is 205 g/mol. The van der Waals surface area contributed by atoms with Crippen LogP contribution in [0.5, 0.6) is 0 Å². The van der Waals surface area contributed by atoms with Crippen LogP contribution >= 0.6 is 0 Å². The number of nitrogens with one attached hydrogen (secondary N) is 1. The highest BCUT2D eigenvalue weighted by Gasteiger charge is 2.13. The number of aryl methyl sites for hydroxylation is 2. The van der Waals surface area contributed by atoms with Crippen LogP contribution in [0.25, 0.3) is 0 Å². The Kier molecular flexibility index (Phi) is 3.92. The van der Waals surface area contributed by atoms with E-state index in [-0.39, 0.29) is 0 Å². The fourth-order valence-electron chi connectivity index (χ4n) is 2.39. The number of benzene rings is 1. The first-order valence-corrected chi connectivity index (χ1v) is 5.71. The van der Waals surface area contributed by atoms with Crippen LogP contribution in [0.1, 0.15) is 40.7 Å². The smallest absolute Gasteiger partial charge is 0.00146 e. The van der Waals surface area contributed by atoms with Gasteiger partial charge in [-0.1, -0.05) is 13.0 Å². The summed E-state index contributed by atoms with van der Waals surface area (Å²) in [4.78, 5) is 0. The van der Waals surface area contributed by atoms with Crippen LogP contribution in [-0.2, 0) is 0 Å². The van der Waals surface area contributed by atoms with E-state index >= 15 is 0 Å². The molecule has 0 saturated carbocycles. The Hall–Kier alpha value is -0.820. The van der Waals surface area contributed by atoms with Gasteiger partial charge in [0.2, 0.25) is 0 Å². The normalized spacial score (nSPS) is 12.9. The fourth-order valence-corrected chi connectivity index (χ4v) is 2.39. The maximum atomic E-state index is 3.26. The molecular weight excluding hydrogens is 182 g/mol. The standard InChI is InChI=1S/C14H23N/c1-9-7-10(2)13(5)14(12(9)4)11(3)8-15-6/h7,11,15H,8H2,1-6H3. The van der Waals surface area contributed by atoms with Crippen molar-refractivity contribution < 1.29 is 0 Å². The average Bonchev–Trinajstić information content (AvgIpc) is 2.16. The molecule has 84 valence electrons. The van der Waals surface area contributed by atoms with Crippen molar-refractivity contribution in [1.29, 1.82) is 0 Å². The first-order valence-electron chi connectivity index (χ1n) is 5.71. The zero-order chi connectivity index (χ0) is 11.6. The second-order valence-electron chi connectivity index (χ2n) is 4.63. The quantitative estimate of drug-likeness (QED) is 0.798. The molecule has 1 aromatic carbocycles. The van der Waals surface area contributed by atoms with Gasteiger partial charge < -0.3 is 5.32 Å². The molecule has 1 rings (SSSR count). The molecule has 0 saturated heterocycles. The predicted octanol–water partition coefficient (Wildman–Crippen LogP) is 3.24. The van der Waals surface area contributed by atoms with Gasteiger partial charge in [-0.3, -0.25) is 0 Å². The number of hydrogen-bond acceptors (Lipinski definition) is 1. The molecule has 0 heterocycles. The molecule has 15 heavy (non-hydrogen) atoms. The molecular formula is C14H23N. The number of likely N-dealkylation sites (N-methyl/N-ethyl adjacent to an activating group) is 1. The van der Waals surface area contributed by atoms with Crippen molar-refractivity contribution in [3.8, 4) is 0 Å². The molecule has 0 bridgehead atoms. The van der Waals surface area contributed by atoms with E-state index in [0.29, 0.717) is 5.92 Å². The Morgan fingerprint density at radius 3 is 1.93 bits per heavy atom. The van der Waals surface area contributed by atoms with Crippen molar-refractivity contribution in [2.45, 2.75) is 40.5 Å². The molecule has 1 atom stereocenters. The Labute approximate surface area is 93.9 Å². The van der Waals surface area contributed by atoms with Crippen LogP contribution in [0.4, 0.5) is 0 Å². The minimum absolute atomic E-state index is 0.591. The number of hydrogen-bond donors (Lipinski definition) is 1. The largest absolute Gasteiger partial charge is 0.319 e. The monoisotopic (exact) mass is 205 g/mol. The molecule has 0 aliphatic carbocycles. The summed E-state index contributed by atoms with van der Waals surface area (Å²) in [7, 11) is 2.02. The summed E-state index contributed by atoms with van der Waals surface area (Å²) in [5.74, 6) is 0.591. The molecule has 0 aromatic heterocycles. The van der Waals surface area contributed by atoms with Gasteiger partial charge in [-0.2, -0.15) is 0 Å². The third-order valence-electron chi connectivity index (χ3n) is 3.43. The summed E-state index contributed by atoms with van der Waals surface area (Å²) in [6.45, 7) is 12.2. The summed E-state index contributed by atoms with van der Waals surface area (Å²) < 4.78 is 0. The van der Waals surface area contributed by atoms with Crippen molar-refractivity contribution in [1.82, 2.24) is 5.32 Å². The summed E-state index contributed by atoms with van der Waals surface area (Å²) in [5.41, 5.74) is 7.27. The van der Waals surface area contributed by atoms with Crippen molar-refractivity contribution in [2.24, 2.45) is 0 Å². The summed E-state index contributed by atoms with van der Waals surface area (Å²) in [5, 5.41) is 3.26. The first-order chi connectivity index (χ1) is 6.99. The van der Waals surface area contributed by atoms with Gasteiger partial charge in [0.25, 0.3) is 0 Å². The van der Waals surface area contributed by atoms with Crippen LogP contribution in [0.2, 0.25) is 0 Å². The zero-order valence-corrected chi connectivity index (χ0v) is 10.9. The van der Waals surface area contributed by atoms with E-state index < -0.39 is 0 Å². The lowest BCUT2D eigenvalue weighted by molar-refractivity contribution is 0.669. The minimum Gasteiger partial charge on any atom is -0.319 e. The van der Waals surface area contributed by atoms with Crippen molar-refractivity contribution in [3.63, 3.8) is 0 Å². The van der Waals surface area contributed by atoms with E-state index in [9.17, 15) is 0 Å². The van der Waals surface area contributed by atoms with Crippen LogP contribution in [0.15, 0.2) is 6.07 Å². The highest BCUT2D eigenvalue weighted by atomic mass is 14.8. The molecule has 0 fully saturated rings. The lowest BCUT2D eigenvalue weighted by Crippen LogP contribution is -2.17. The Morgan fingerprint density at radius 1 is 1.07 bits per heavy atom. The third-order valence-corrected chi connectivity index (χ3v) is 3.43. The van der Waals surface area contributed by atoms with Gasteiger partial charge in [-0.15, -0.1) is 0 Å². The summed E-state index contributed by atoms with van der Waals surface area (Å²) in [6, 6.07) is 2.29.